The minimum Gasteiger partial charge on any atom is -0.369 e. The molecule has 1 aliphatic carbocycles. The molecular formula is C21H24N8O3. The first-order valence-corrected chi connectivity index (χ1v) is 10.3. The molecule has 4 N–H and O–H groups in total. The van der Waals surface area contributed by atoms with Crippen molar-refractivity contribution < 1.29 is 9.76 Å². The first-order chi connectivity index (χ1) is 15.4. The van der Waals surface area contributed by atoms with Gasteiger partial charge < -0.3 is 16.3 Å². The van der Waals surface area contributed by atoms with Crippen LogP contribution in [0.2, 0.25) is 0 Å². The zero-order valence-electron chi connectivity index (χ0n) is 17.6. The first-order valence-electron chi connectivity index (χ1n) is 10.3. The van der Waals surface area contributed by atoms with E-state index in [4.69, 9.17) is 16.3 Å². The van der Waals surface area contributed by atoms with E-state index in [0.29, 0.717) is 24.2 Å². The number of benzene rings is 1. The fraction of sp³-hybridized carbons (Fsp3) is 0.333. The number of aliphatic imine (C=N–C) groups is 2. The molecule has 2 aromatic rings. The summed E-state index contributed by atoms with van der Waals surface area (Å²) >= 11 is 0. The van der Waals surface area contributed by atoms with Gasteiger partial charge in [-0.25, -0.2) is 4.99 Å². The van der Waals surface area contributed by atoms with Crippen molar-refractivity contribution in [3.8, 4) is 5.75 Å². The van der Waals surface area contributed by atoms with Gasteiger partial charge >= 0.3 is 0 Å². The maximum atomic E-state index is 11.6. The topological polar surface area (TPSA) is 158 Å². The van der Waals surface area contributed by atoms with Gasteiger partial charge in [0.2, 0.25) is 11.9 Å². The van der Waals surface area contributed by atoms with Crippen LogP contribution in [-0.4, -0.2) is 33.2 Å². The molecule has 1 aromatic carbocycles. The van der Waals surface area contributed by atoms with Crippen molar-refractivity contribution in [3.05, 3.63) is 58.4 Å². The van der Waals surface area contributed by atoms with Crippen LogP contribution in [0.4, 0.5) is 11.4 Å². The smallest absolute Gasteiger partial charge is 0.275 e. The third kappa shape index (κ3) is 4.22. The van der Waals surface area contributed by atoms with Crippen LogP contribution < -0.4 is 21.2 Å². The SMILES string of the molecule is CC(=NOc1cc(N2C(N)=NC(N)=NC23CCCCC3)cc([N+](=O)[O-])c1)c1cccnc1. The highest BCUT2D eigenvalue weighted by Crippen LogP contribution is 2.41. The van der Waals surface area contributed by atoms with Crippen molar-refractivity contribution >= 4 is 29.0 Å². The Hall–Kier alpha value is -4.02. The highest BCUT2D eigenvalue weighted by molar-refractivity contribution is 6.05. The number of rotatable bonds is 5. The van der Waals surface area contributed by atoms with Gasteiger partial charge in [0.1, 0.15) is 5.66 Å². The average Bonchev–Trinajstić information content (AvgIpc) is 2.78. The van der Waals surface area contributed by atoms with Crippen LogP contribution in [0.25, 0.3) is 0 Å². The van der Waals surface area contributed by atoms with Gasteiger partial charge in [-0.15, -0.1) is 0 Å². The van der Waals surface area contributed by atoms with Crippen molar-refractivity contribution in [2.45, 2.75) is 44.7 Å². The predicted molar refractivity (Wildman–Crippen MR) is 122 cm³/mol. The van der Waals surface area contributed by atoms with Crippen LogP contribution in [0, 0.1) is 10.1 Å². The third-order valence-electron chi connectivity index (χ3n) is 5.56. The monoisotopic (exact) mass is 436 g/mol. The van der Waals surface area contributed by atoms with Gasteiger partial charge in [0.15, 0.2) is 5.75 Å². The third-order valence-corrected chi connectivity index (χ3v) is 5.56. The number of non-ortho nitro benzene ring substituents is 1. The van der Waals surface area contributed by atoms with Crippen LogP contribution in [0.15, 0.2) is 57.9 Å². The van der Waals surface area contributed by atoms with E-state index in [2.05, 4.69) is 20.1 Å². The second kappa shape index (κ2) is 8.61. The molecule has 166 valence electrons. The highest BCUT2D eigenvalue weighted by Gasteiger charge is 2.43. The number of nitro groups is 1. The van der Waals surface area contributed by atoms with Crippen molar-refractivity contribution in [2.24, 2.45) is 26.6 Å². The fourth-order valence-electron chi connectivity index (χ4n) is 4.10. The van der Waals surface area contributed by atoms with Crippen molar-refractivity contribution in [1.29, 1.82) is 0 Å². The van der Waals surface area contributed by atoms with Gasteiger partial charge in [-0.05, 0) is 44.7 Å². The van der Waals surface area contributed by atoms with Crippen LogP contribution >= 0.6 is 0 Å². The summed E-state index contributed by atoms with van der Waals surface area (Å²) in [5.74, 6) is 0.443. The molecular weight excluding hydrogens is 412 g/mol. The van der Waals surface area contributed by atoms with E-state index in [1.807, 2.05) is 6.07 Å². The number of hydrogen-bond acceptors (Lipinski definition) is 10. The maximum Gasteiger partial charge on any atom is 0.275 e. The Labute approximate surface area is 184 Å². The number of pyridine rings is 1. The molecule has 1 aliphatic heterocycles. The highest BCUT2D eigenvalue weighted by atomic mass is 16.6. The molecule has 11 nitrogen and oxygen atoms in total. The Morgan fingerprint density at radius 1 is 1.25 bits per heavy atom. The molecule has 1 fully saturated rings. The van der Waals surface area contributed by atoms with Crippen LogP contribution in [-0.2, 0) is 0 Å². The van der Waals surface area contributed by atoms with E-state index >= 15 is 0 Å². The predicted octanol–water partition coefficient (Wildman–Crippen LogP) is 2.90. The molecule has 0 atom stereocenters. The Morgan fingerprint density at radius 2 is 2.03 bits per heavy atom. The molecule has 0 amide bonds. The zero-order valence-corrected chi connectivity index (χ0v) is 17.6. The molecule has 1 aromatic heterocycles. The Balaban J connectivity index is 1.73. The van der Waals surface area contributed by atoms with Gasteiger partial charge in [-0.2, -0.15) is 4.99 Å². The Bertz CT molecular complexity index is 1110. The van der Waals surface area contributed by atoms with Crippen LogP contribution in [0.5, 0.6) is 5.75 Å². The Kier molecular flexibility index (Phi) is 5.71. The second-order valence-corrected chi connectivity index (χ2v) is 7.77. The van der Waals surface area contributed by atoms with E-state index in [-0.39, 0.29) is 23.4 Å². The summed E-state index contributed by atoms with van der Waals surface area (Å²) in [4.78, 5) is 31.2. The maximum absolute atomic E-state index is 11.6. The minimum absolute atomic E-state index is 0.110. The summed E-state index contributed by atoms with van der Waals surface area (Å²) in [5, 5.41) is 15.7. The molecule has 0 radical (unpaired) electrons. The minimum atomic E-state index is -0.727. The molecule has 0 bridgehead atoms. The molecule has 1 spiro atoms. The van der Waals surface area contributed by atoms with Gasteiger partial charge in [0.05, 0.1) is 22.4 Å². The Morgan fingerprint density at radius 3 is 2.72 bits per heavy atom. The average molecular weight is 436 g/mol. The van der Waals surface area contributed by atoms with Crippen LogP contribution in [0.3, 0.4) is 0 Å². The molecule has 0 saturated heterocycles. The number of nitro benzene ring substituents is 1. The van der Waals surface area contributed by atoms with E-state index in [0.717, 1.165) is 24.8 Å². The summed E-state index contributed by atoms with van der Waals surface area (Å²) in [6.45, 7) is 1.76. The molecule has 1 saturated carbocycles. The molecule has 32 heavy (non-hydrogen) atoms. The van der Waals surface area contributed by atoms with E-state index < -0.39 is 10.6 Å². The number of oxime groups is 1. The van der Waals surface area contributed by atoms with E-state index in [1.54, 1.807) is 36.4 Å². The quantitative estimate of drug-likeness (QED) is 0.414. The largest absolute Gasteiger partial charge is 0.369 e. The number of nitrogens with zero attached hydrogens (tertiary/aromatic N) is 6. The molecule has 11 heteroatoms. The number of aromatic nitrogens is 1. The molecule has 4 rings (SSSR count). The second-order valence-electron chi connectivity index (χ2n) is 7.77. The van der Waals surface area contributed by atoms with Gasteiger partial charge in [0, 0.05) is 30.1 Å². The fourth-order valence-corrected chi connectivity index (χ4v) is 4.10. The lowest BCUT2D eigenvalue weighted by atomic mass is 9.87. The standard InChI is InChI=1S/C21H24N8O3/c1-14(15-6-5-9-24-13-15)27-32-18-11-16(10-17(12-18)29(30)31)28-20(23)25-19(22)26-21(28)7-3-2-4-8-21/h5-6,9-13H,2-4,7-8H2,1H3,(H4,22,23,25,26). The number of nitrogens with two attached hydrogens (primary N) is 2. The van der Waals surface area contributed by atoms with Crippen molar-refractivity contribution in [3.63, 3.8) is 0 Å². The van der Waals surface area contributed by atoms with Crippen molar-refractivity contribution in [2.75, 3.05) is 4.90 Å². The van der Waals surface area contributed by atoms with E-state index in [1.165, 1.54) is 12.1 Å². The zero-order chi connectivity index (χ0) is 22.7. The molecule has 2 heterocycles. The molecule has 0 unspecified atom stereocenters. The lowest BCUT2D eigenvalue weighted by molar-refractivity contribution is -0.384. The van der Waals surface area contributed by atoms with Gasteiger partial charge in [-0.1, -0.05) is 11.6 Å². The summed E-state index contributed by atoms with van der Waals surface area (Å²) < 4.78 is 0. The number of anilines is 1. The van der Waals surface area contributed by atoms with Crippen LogP contribution in [0.1, 0.15) is 44.6 Å². The van der Waals surface area contributed by atoms with Gasteiger partial charge in [-0.3, -0.25) is 20.0 Å². The summed E-state index contributed by atoms with van der Waals surface area (Å²) in [5.41, 5.74) is 13.1. The van der Waals surface area contributed by atoms with E-state index in [9.17, 15) is 10.1 Å². The lowest BCUT2D eigenvalue weighted by Gasteiger charge is -2.45. The van der Waals surface area contributed by atoms with Gasteiger partial charge in [0.25, 0.3) is 5.69 Å². The molecule has 2 aliphatic rings. The lowest BCUT2D eigenvalue weighted by Crippen LogP contribution is -2.58. The normalized spacial score (nSPS) is 18.2. The summed E-state index contributed by atoms with van der Waals surface area (Å²) in [6.07, 6.45) is 7.68. The van der Waals surface area contributed by atoms with Crippen molar-refractivity contribution in [1.82, 2.24) is 4.98 Å². The number of hydrogen-bond donors (Lipinski definition) is 2. The summed E-state index contributed by atoms with van der Waals surface area (Å²) in [6, 6.07) is 8.01. The first kappa shape index (κ1) is 21.2. The number of guanidine groups is 2. The summed E-state index contributed by atoms with van der Waals surface area (Å²) in [7, 11) is 0.